The number of Topliss-reactive ketones (excluding diaryl/α,β-unsaturated/α-hetero) is 1. The number of ketones is 1. The summed E-state index contributed by atoms with van der Waals surface area (Å²) in [6.45, 7) is 3.69. The van der Waals surface area contributed by atoms with Crippen molar-refractivity contribution in [1.82, 2.24) is 0 Å². The molecule has 1 aromatic carbocycles. The summed E-state index contributed by atoms with van der Waals surface area (Å²) in [5, 5.41) is 2.52. The number of rotatable bonds is 2. The van der Waals surface area contributed by atoms with Crippen LogP contribution in [-0.4, -0.2) is 11.7 Å². The summed E-state index contributed by atoms with van der Waals surface area (Å²) in [7, 11) is 0. The first-order valence-corrected chi connectivity index (χ1v) is 7.61. The van der Waals surface area contributed by atoms with Gasteiger partial charge >= 0.3 is 6.18 Å². The number of alkyl halides is 3. The van der Waals surface area contributed by atoms with Gasteiger partial charge in [-0.15, -0.1) is 0 Å². The summed E-state index contributed by atoms with van der Waals surface area (Å²) in [5.41, 5.74) is -2.37. The summed E-state index contributed by atoms with van der Waals surface area (Å²) < 4.78 is 38.3. The molecule has 1 N–H and O–H groups in total. The highest BCUT2D eigenvalue weighted by atomic mass is 19.4. The highest BCUT2D eigenvalue weighted by Crippen LogP contribution is 2.60. The second-order valence-electron chi connectivity index (χ2n) is 7.11. The van der Waals surface area contributed by atoms with E-state index in [2.05, 4.69) is 5.32 Å². The van der Waals surface area contributed by atoms with E-state index in [-0.39, 0.29) is 17.4 Å². The zero-order valence-corrected chi connectivity index (χ0v) is 13.0. The molecule has 3 rings (SSSR count). The van der Waals surface area contributed by atoms with Crippen LogP contribution < -0.4 is 5.32 Å². The Hall–Kier alpha value is -1.85. The molecule has 2 bridgehead atoms. The Morgan fingerprint density at radius 1 is 1.30 bits per heavy atom. The van der Waals surface area contributed by atoms with Crippen LogP contribution >= 0.6 is 0 Å². The van der Waals surface area contributed by atoms with Gasteiger partial charge in [0, 0.05) is 11.1 Å². The minimum Gasteiger partial charge on any atom is -0.325 e. The van der Waals surface area contributed by atoms with E-state index < -0.39 is 28.5 Å². The topological polar surface area (TPSA) is 46.2 Å². The molecule has 0 aromatic heterocycles. The van der Waals surface area contributed by atoms with Crippen molar-refractivity contribution < 1.29 is 22.8 Å². The lowest BCUT2D eigenvalue weighted by molar-refractivity contribution is -0.143. The van der Waals surface area contributed by atoms with E-state index in [1.165, 1.54) is 12.1 Å². The molecule has 2 aliphatic carbocycles. The Morgan fingerprint density at radius 3 is 2.57 bits per heavy atom. The van der Waals surface area contributed by atoms with E-state index in [0.717, 1.165) is 18.6 Å². The maximum Gasteiger partial charge on any atom is 0.416 e. The fourth-order valence-corrected chi connectivity index (χ4v) is 4.00. The van der Waals surface area contributed by atoms with Crippen LogP contribution in [0.4, 0.5) is 18.9 Å². The van der Waals surface area contributed by atoms with Gasteiger partial charge in [0.25, 0.3) is 0 Å². The first-order chi connectivity index (χ1) is 10.6. The van der Waals surface area contributed by atoms with E-state index in [1.807, 2.05) is 13.8 Å². The van der Waals surface area contributed by atoms with E-state index in [0.29, 0.717) is 12.8 Å². The van der Waals surface area contributed by atoms with Gasteiger partial charge in [-0.3, -0.25) is 9.59 Å². The highest BCUT2D eigenvalue weighted by molar-refractivity contribution is 6.15. The zero-order valence-electron chi connectivity index (χ0n) is 13.0. The predicted octanol–water partition coefficient (Wildman–Crippen LogP) is 4.04. The van der Waals surface area contributed by atoms with Crippen LogP contribution in [0.25, 0.3) is 0 Å². The van der Waals surface area contributed by atoms with Crippen LogP contribution in [0.5, 0.6) is 0 Å². The van der Waals surface area contributed by atoms with Crippen LogP contribution in [0.1, 0.15) is 38.7 Å². The molecule has 0 unspecified atom stereocenters. The highest BCUT2D eigenvalue weighted by Gasteiger charge is 2.65. The maximum absolute atomic E-state index is 12.8. The third kappa shape index (κ3) is 2.35. The molecule has 0 heterocycles. The summed E-state index contributed by atoms with van der Waals surface area (Å²) in [5.74, 6) is -0.400. The Bertz CT molecular complexity index is 681. The third-order valence-corrected chi connectivity index (χ3v) is 5.44. The minimum absolute atomic E-state index is 0.0696. The number of hydrogen-bond donors (Lipinski definition) is 1. The van der Waals surface area contributed by atoms with Crippen molar-refractivity contribution in [3.05, 3.63) is 29.8 Å². The van der Waals surface area contributed by atoms with Crippen LogP contribution in [0.15, 0.2) is 24.3 Å². The molecule has 1 aromatic rings. The van der Waals surface area contributed by atoms with Gasteiger partial charge < -0.3 is 5.32 Å². The maximum atomic E-state index is 12.8. The Kier molecular flexibility index (Phi) is 3.36. The van der Waals surface area contributed by atoms with Crippen molar-refractivity contribution >= 4 is 17.4 Å². The van der Waals surface area contributed by atoms with Crippen molar-refractivity contribution in [2.75, 3.05) is 5.32 Å². The first-order valence-electron chi connectivity index (χ1n) is 7.61. The number of benzene rings is 1. The minimum atomic E-state index is -4.47. The molecule has 0 radical (unpaired) electrons. The van der Waals surface area contributed by atoms with Crippen LogP contribution in [-0.2, 0) is 15.8 Å². The average Bonchev–Trinajstić information content (AvgIpc) is 2.99. The average molecular weight is 325 g/mol. The van der Waals surface area contributed by atoms with Gasteiger partial charge in [0.2, 0.25) is 5.91 Å². The lowest BCUT2D eigenvalue weighted by atomic mass is 9.70. The molecule has 2 fully saturated rings. The number of fused-ring (bicyclic) bond motifs is 2. The molecule has 2 saturated carbocycles. The van der Waals surface area contributed by atoms with Gasteiger partial charge in [0.05, 0.1) is 5.56 Å². The number of hydrogen-bond acceptors (Lipinski definition) is 2. The molecule has 23 heavy (non-hydrogen) atoms. The molecule has 3 nitrogen and oxygen atoms in total. The fourth-order valence-electron chi connectivity index (χ4n) is 4.00. The molecule has 0 spiro atoms. The Balaban J connectivity index is 1.85. The third-order valence-electron chi connectivity index (χ3n) is 5.44. The number of anilines is 1. The molecule has 2 atom stereocenters. The van der Waals surface area contributed by atoms with E-state index >= 15 is 0 Å². The summed E-state index contributed by atoms with van der Waals surface area (Å²) in [6.07, 6.45) is -2.70. The second-order valence-corrected chi connectivity index (χ2v) is 7.11. The smallest absolute Gasteiger partial charge is 0.325 e. The normalized spacial score (nSPS) is 28.9. The van der Waals surface area contributed by atoms with Crippen LogP contribution in [0, 0.1) is 16.7 Å². The number of carbonyl (C=O) groups is 2. The lowest BCUT2D eigenvalue weighted by Crippen LogP contribution is -2.44. The lowest BCUT2D eigenvalue weighted by Gasteiger charge is -2.32. The summed E-state index contributed by atoms with van der Waals surface area (Å²) in [4.78, 5) is 25.3. The van der Waals surface area contributed by atoms with Gasteiger partial charge in [-0.1, -0.05) is 19.9 Å². The number of halogens is 3. The van der Waals surface area contributed by atoms with Gasteiger partial charge in [0.15, 0.2) is 5.78 Å². The van der Waals surface area contributed by atoms with Crippen molar-refractivity contribution in [2.45, 2.75) is 39.3 Å². The SMILES string of the molecule is CC1(C)C(=O)[C@]2(C(=O)Nc3cccc(C(F)(F)F)c3)CC[C@@H]1C2. The number of amides is 1. The molecule has 6 heteroatoms. The summed E-state index contributed by atoms with van der Waals surface area (Å²) >= 11 is 0. The predicted molar refractivity (Wildman–Crippen MR) is 78.6 cm³/mol. The van der Waals surface area contributed by atoms with Crippen molar-refractivity contribution in [2.24, 2.45) is 16.7 Å². The van der Waals surface area contributed by atoms with Crippen LogP contribution in [0.3, 0.4) is 0 Å². The number of carbonyl (C=O) groups excluding carboxylic acids is 2. The zero-order chi connectivity index (χ0) is 17.0. The molecule has 0 aliphatic heterocycles. The van der Waals surface area contributed by atoms with Gasteiger partial charge in [0.1, 0.15) is 5.41 Å². The molecular formula is C17H18F3NO2. The van der Waals surface area contributed by atoms with E-state index in [4.69, 9.17) is 0 Å². The van der Waals surface area contributed by atoms with Crippen molar-refractivity contribution in [3.8, 4) is 0 Å². The molecule has 2 aliphatic rings. The molecular weight excluding hydrogens is 307 g/mol. The van der Waals surface area contributed by atoms with Gasteiger partial charge in [-0.2, -0.15) is 13.2 Å². The van der Waals surface area contributed by atoms with Gasteiger partial charge in [-0.25, -0.2) is 0 Å². The Labute approximate surface area is 132 Å². The summed E-state index contributed by atoms with van der Waals surface area (Å²) in [6, 6.07) is 4.49. The fraction of sp³-hybridized carbons (Fsp3) is 0.529. The monoisotopic (exact) mass is 325 g/mol. The van der Waals surface area contributed by atoms with Crippen molar-refractivity contribution in [1.29, 1.82) is 0 Å². The standard InChI is InChI=1S/C17H18F3NO2/c1-15(2)11-6-7-16(9-11,13(15)22)14(23)21-12-5-3-4-10(8-12)17(18,19)20/h3-5,8,11H,6-7,9H2,1-2H3,(H,21,23)/t11-,16+/m1/s1. The largest absolute Gasteiger partial charge is 0.416 e. The molecule has 0 saturated heterocycles. The number of nitrogens with one attached hydrogen (secondary N) is 1. The second kappa shape index (κ2) is 4.82. The first kappa shape index (κ1) is 16.0. The quantitative estimate of drug-likeness (QED) is 0.834. The van der Waals surface area contributed by atoms with Crippen molar-refractivity contribution in [3.63, 3.8) is 0 Å². The molecule has 124 valence electrons. The molecule has 1 amide bonds. The van der Waals surface area contributed by atoms with Crippen LogP contribution in [0.2, 0.25) is 0 Å². The Morgan fingerprint density at radius 2 is 2.00 bits per heavy atom. The van der Waals surface area contributed by atoms with E-state index in [9.17, 15) is 22.8 Å². The van der Waals surface area contributed by atoms with E-state index in [1.54, 1.807) is 0 Å². The van der Waals surface area contributed by atoms with Gasteiger partial charge in [-0.05, 0) is 43.4 Å².